The first-order valence-electron chi connectivity index (χ1n) is 7.48. The molecule has 1 aliphatic rings. The molecule has 2 aromatic rings. The van der Waals surface area contributed by atoms with Crippen molar-refractivity contribution < 1.29 is 4.79 Å². The fourth-order valence-electron chi connectivity index (χ4n) is 2.67. The number of rotatable bonds is 4. The highest BCUT2D eigenvalue weighted by Gasteiger charge is 2.26. The molecule has 7 nitrogen and oxygen atoms in total. The molecule has 1 atom stereocenters. The molecule has 1 fully saturated rings. The molecule has 1 saturated heterocycles. The maximum atomic E-state index is 12.5. The van der Waals surface area contributed by atoms with Crippen molar-refractivity contribution in [3.05, 3.63) is 42.7 Å². The van der Waals surface area contributed by atoms with Crippen molar-refractivity contribution in [3.63, 3.8) is 0 Å². The topological polar surface area (TPSA) is 67.2 Å². The number of carbonyl (C=O) groups excluding carboxylic acids is 1. The summed E-state index contributed by atoms with van der Waals surface area (Å²) in [6.07, 6.45) is 6.72. The van der Waals surface area contributed by atoms with E-state index in [0.29, 0.717) is 0 Å². The van der Waals surface area contributed by atoms with Crippen LogP contribution in [0.1, 0.15) is 18.5 Å². The van der Waals surface area contributed by atoms with Gasteiger partial charge in [0.2, 0.25) is 5.91 Å². The molecule has 3 rings (SSSR count). The summed E-state index contributed by atoms with van der Waals surface area (Å²) in [4.78, 5) is 24.8. The molecule has 3 heterocycles. The largest absolute Gasteiger partial charge is 0.338 e. The molecule has 1 amide bonds. The van der Waals surface area contributed by atoms with Gasteiger partial charge < -0.3 is 4.90 Å². The number of hydrogen-bond donors (Lipinski definition) is 0. The van der Waals surface area contributed by atoms with Gasteiger partial charge in [0.15, 0.2) is 0 Å². The zero-order valence-electron chi connectivity index (χ0n) is 12.7. The Morgan fingerprint density at radius 1 is 1.27 bits per heavy atom. The van der Waals surface area contributed by atoms with Crippen molar-refractivity contribution in [2.45, 2.75) is 19.5 Å². The molecule has 0 radical (unpaired) electrons. The van der Waals surface area contributed by atoms with E-state index in [1.54, 1.807) is 17.2 Å². The van der Waals surface area contributed by atoms with Crippen molar-refractivity contribution >= 4 is 5.91 Å². The first kappa shape index (κ1) is 14.6. The van der Waals surface area contributed by atoms with Crippen LogP contribution in [0.2, 0.25) is 0 Å². The molecule has 7 heteroatoms. The summed E-state index contributed by atoms with van der Waals surface area (Å²) < 4.78 is 1.60. The molecule has 0 unspecified atom stereocenters. The van der Waals surface area contributed by atoms with Crippen molar-refractivity contribution in [3.8, 4) is 0 Å². The van der Waals surface area contributed by atoms with E-state index in [1.807, 2.05) is 24.1 Å². The van der Waals surface area contributed by atoms with Crippen molar-refractivity contribution in [2.24, 2.45) is 0 Å². The second-order valence-electron chi connectivity index (χ2n) is 5.51. The lowest BCUT2D eigenvalue weighted by Gasteiger charge is -2.35. The Balaban J connectivity index is 1.52. The molecule has 2 aromatic heterocycles. The van der Waals surface area contributed by atoms with E-state index in [4.69, 9.17) is 0 Å². The van der Waals surface area contributed by atoms with Gasteiger partial charge in [-0.25, -0.2) is 9.67 Å². The zero-order valence-corrected chi connectivity index (χ0v) is 12.7. The molecule has 0 aromatic carbocycles. The molecule has 0 spiro atoms. The van der Waals surface area contributed by atoms with Crippen LogP contribution in [0.25, 0.3) is 0 Å². The highest BCUT2D eigenvalue weighted by atomic mass is 16.2. The van der Waals surface area contributed by atoms with Crippen LogP contribution in [-0.4, -0.2) is 61.6 Å². The maximum absolute atomic E-state index is 12.5. The number of pyridine rings is 1. The van der Waals surface area contributed by atoms with Gasteiger partial charge in [0.25, 0.3) is 0 Å². The van der Waals surface area contributed by atoms with Crippen LogP contribution < -0.4 is 0 Å². The van der Waals surface area contributed by atoms with Gasteiger partial charge in [0, 0.05) is 45.1 Å². The lowest BCUT2D eigenvalue weighted by Crippen LogP contribution is -2.49. The van der Waals surface area contributed by atoms with Crippen LogP contribution in [0.5, 0.6) is 0 Å². The van der Waals surface area contributed by atoms with Crippen molar-refractivity contribution in [2.75, 3.05) is 26.2 Å². The summed E-state index contributed by atoms with van der Waals surface area (Å²) in [6.45, 7) is 6.00. The second-order valence-corrected chi connectivity index (χ2v) is 5.51. The first-order valence-corrected chi connectivity index (χ1v) is 7.48. The Bertz CT molecular complexity index is 592. The molecule has 22 heavy (non-hydrogen) atoms. The summed E-state index contributed by atoms with van der Waals surface area (Å²) in [5.74, 6) is 0.103. The summed E-state index contributed by atoms with van der Waals surface area (Å²) in [5, 5.41) is 4.04. The average Bonchev–Trinajstić information content (AvgIpc) is 3.10. The lowest BCUT2D eigenvalue weighted by atomic mass is 10.2. The molecule has 116 valence electrons. The number of amides is 1. The molecule has 0 N–H and O–H groups in total. The Hall–Kier alpha value is -2.28. The molecular formula is C15H20N6O. The zero-order chi connectivity index (χ0) is 15.4. The van der Waals surface area contributed by atoms with E-state index in [1.165, 1.54) is 11.9 Å². The molecular weight excluding hydrogens is 280 g/mol. The highest BCUT2D eigenvalue weighted by Crippen LogP contribution is 2.12. The van der Waals surface area contributed by atoms with Gasteiger partial charge in [0.1, 0.15) is 18.7 Å². The van der Waals surface area contributed by atoms with Gasteiger partial charge in [-0.3, -0.25) is 14.7 Å². The van der Waals surface area contributed by atoms with Crippen LogP contribution in [0.3, 0.4) is 0 Å². The van der Waals surface area contributed by atoms with Gasteiger partial charge in [-0.15, -0.1) is 0 Å². The second kappa shape index (κ2) is 6.65. The minimum atomic E-state index is -0.299. The molecule has 1 aliphatic heterocycles. The Labute approximate surface area is 129 Å². The Kier molecular flexibility index (Phi) is 4.43. The standard InChI is InChI=1S/C15H20N6O/c1-13(21-12-17-11-18-21)15(22)20-7-5-19(6-8-20)10-14-3-2-4-16-9-14/h2-4,9,11-13H,5-8,10H2,1H3/t13-/m0/s1. The third-order valence-electron chi connectivity index (χ3n) is 4.00. The number of aromatic nitrogens is 4. The number of hydrogen-bond acceptors (Lipinski definition) is 5. The van der Waals surface area contributed by atoms with E-state index in [0.717, 1.165) is 32.7 Å². The minimum absolute atomic E-state index is 0.103. The molecule has 0 saturated carbocycles. The van der Waals surface area contributed by atoms with E-state index in [9.17, 15) is 4.79 Å². The van der Waals surface area contributed by atoms with Gasteiger partial charge in [-0.05, 0) is 18.6 Å². The minimum Gasteiger partial charge on any atom is -0.338 e. The predicted molar refractivity (Wildman–Crippen MR) is 80.8 cm³/mol. The van der Waals surface area contributed by atoms with E-state index in [2.05, 4.69) is 26.0 Å². The van der Waals surface area contributed by atoms with Crippen LogP contribution in [0.4, 0.5) is 0 Å². The SMILES string of the molecule is C[C@@H](C(=O)N1CCN(Cc2cccnc2)CC1)n1cncn1. The summed E-state index contributed by atoms with van der Waals surface area (Å²) in [5.41, 5.74) is 1.21. The first-order chi connectivity index (χ1) is 10.7. The maximum Gasteiger partial charge on any atom is 0.247 e. The Morgan fingerprint density at radius 2 is 2.09 bits per heavy atom. The monoisotopic (exact) mass is 300 g/mol. The fraction of sp³-hybridized carbons (Fsp3) is 0.467. The van der Waals surface area contributed by atoms with E-state index in [-0.39, 0.29) is 11.9 Å². The number of nitrogens with zero attached hydrogens (tertiary/aromatic N) is 6. The fourth-order valence-corrected chi connectivity index (χ4v) is 2.67. The van der Waals surface area contributed by atoms with Crippen LogP contribution >= 0.6 is 0 Å². The Morgan fingerprint density at radius 3 is 2.73 bits per heavy atom. The number of piperazine rings is 1. The van der Waals surface area contributed by atoms with Gasteiger partial charge in [0.05, 0.1) is 0 Å². The van der Waals surface area contributed by atoms with Crippen molar-refractivity contribution in [1.29, 1.82) is 0 Å². The van der Waals surface area contributed by atoms with E-state index < -0.39 is 0 Å². The average molecular weight is 300 g/mol. The third kappa shape index (κ3) is 3.30. The summed E-state index contributed by atoms with van der Waals surface area (Å²) in [7, 11) is 0. The number of carbonyl (C=O) groups is 1. The third-order valence-corrected chi connectivity index (χ3v) is 4.00. The summed E-state index contributed by atoms with van der Waals surface area (Å²) >= 11 is 0. The quantitative estimate of drug-likeness (QED) is 0.826. The van der Waals surface area contributed by atoms with Crippen molar-refractivity contribution in [1.82, 2.24) is 29.5 Å². The van der Waals surface area contributed by atoms with E-state index >= 15 is 0 Å². The van der Waals surface area contributed by atoms with Crippen LogP contribution in [0, 0.1) is 0 Å². The smallest absolute Gasteiger partial charge is 0.247 e. The summed E-state index contributed by atoms with van der Waals surface area (Å²) in [6, 6.07) is 3.74. The molecule has 0 bridgehead atoms. The molecule has 0 aliphatic carbocycles. The van der Waals surface area contributed by atoms with Gasteiger partial charge >= 0.3 is 0 Å². The van der Waals surface area contributed by atoms with Gasteiger partial charge in [-0.2, -0.15) is 5.10 Å². The lowest BCUT2D eigenvalue weighted by molar-refractivity contribution is -0.136. The van der Waals surface area contributed by atoms with Crippen LogP contribution in [-0.2, 0) is 11.3 Å². The van der Waals surface area contributed by atoms with Crippen LogP contribution in [0.15, 0.2) is 37.2 Å². The van der Waals surface area contributed by atoms with Gasteiger partial charge in [-0.1, -0.05) is 6.07 Å². The normalized spacial score (nSPS) is 17.4. The highest BCUT2D eigenvalue weighted by molar-refractivity contribution is 5.80. The predicted octanol–water partition coefficient (Wildman–Crippen LogP) is 0.578.